The van der Waals surface area contributed by atoms with Crippen molar-refractivity contribution >= 4 is 11.6 Å². The lowest BCUT2D eigenvalue weighted by Crippen LogP contribution is -2.54. The third kappa shape index (κ3) is 1.64. The Bertz CT molecular complexity index is 498. The van der Waals surface area contributed by atoms with Crippen LogP contribution in [0, 0.1) is 6.92 Å². The highest BCUT2D eigenvalue weighted by Gasteiger charge is 2.46. The Morgan fingerprint density at radius 3 is 2.65 bits per heavy atom. The van der Waals surface area contributed by atoms with Gasteiger partial charge in [0.05, 0.1) is 0 Å². The minimum Gasteiger partial charge on any atom is -0.315 e. The molecule has 1 aliphatic heterocycles. The number of rotatable bonds is 2. The zero-order valence-corrected chi connectivity index (χ0v) is 10.1. The van der Waals surface area contributed by atoms with E-state index in [1.165, 1.54) is 5.01 Å². The summed E-state index contributed by atoms with van der Waals surface area (Å²) in [5.41, 5.74) is 3.29. The van der Waals surface area contributed by atoms with Gasteiger partial charge in [0.1, 0.15) is 5.71 Å². The van der Waals surface area contributed by atoms with Gasteiger partial charge in [0.15, 0.2) is 5.54 Å². The van der Waals surface area contributed by atoms with Crippen molar-refractivity contribution in [2.75, 3.05) is 7.05 Å². The van der Waals surface area contributed by atoms with Crippen LogP contribution in [0.2, 0.25) is 0 Å². The zero-order valence-electron chi connectivity index (χ0n) is 10.1. The number of nitrogens with one attached hydrogen (secondary N) is 1. The number of carbonyl (C=O) groups is 1. The Morgan fingerprint density at radius 2 is 2.06 bits per heavy atom. The number of nitrogens with zero attached hydrogens (tertiary/aromatic N) is 2. The van der Waals surface area contributed by atoms with E-state index in [9.17, 15) is 10.0 Å². The van der Waals surface area contributed by atoms with Crippen LogP contribution >= 0.6 is 0 Å². The average Bonchev–Trinajstić information content (AvgIpc) is 2.55. The van der Waals surface area contributed by atoms with Crippen LogP contribution in [0.15, 0.2) is 29.4 Å². The first-order chi connectivity index (χ1) is 8.00. The van der Waals surface area contributed by atoms with Crippen molar-refractivity contribution in [1.29, 1.82) is 0 Å². The summed E-state index contributed by atoms with van der Waals surface area (Å²) in [4.78, 5) is 11.9. The van der Waals surface area contributed by atoms with Gasteiger partial charge < -0.3 is 5.21 Å². The topological polar surface area (TPSA) is 64.9 Å². The van der Waals surface area contributed by atoms with E-state index in [0.29, 0.717) is 5.71 Å². The molecule has 90 valence electrons. The molecule has 0 saturated heterocycles. The summed E-state index contributed by atoms with van der Waals surface area (Å²) in [6, 6.07) is 7.63. The largest absolute Gasteiger partial charge is 0.315 e. The highest BCUT2D eigenvalue weighted by molar-refractivity contribution is 6.23. The molecule has 0 bridgehead atoms. The number of hydrogen-bond acceptors (Lipinski definition) is 4. The maximum Gasteiger partial charge on any atom is 0.270 e. The number of aryl methyl sites for hydroxylation is 1. The summed E-state index contributed by atoms with van der Waals surface area (Å²) in [6.07, 6.45) is 0. The van der Waals surface area contributed by atoms with Crippen molar-refractivity contribution < 1.29 is 10.0 Å². The van der Waals surface area contributed by atoms with E-state index >= 15 is 0 Å². The molecule has 5 nitrogen and oxygen atoms in total. The predicted octanol–water partition coefficient (Wildman–Crippen LogP) is 0.909. The number of likely N-dealkylation sites (N-methyl/N-ethyl adjacent to an activating group) is 1. The molecule has 1 aliphatic rings. The lowest BCUT2D eigenvalue weighted by molar-refractivity contribution is -0.134. The average molecular weight is 233 g/mol. The number of amides is 1. The molecule has 2 rings (SSSR count). The van der Waals surface area contributed by atoms with Crippen molar-refractivity contribution in [3.8, 4) is 0 Å². The lowest BCUT2D eigenvalue weighted by Gasteiger charge is -2.22. The van der Waals surface area contributed by atoms with Gasteiger partial charge in [-0.25, -0.2) is 5.01 Å². The van der Waals surface area contributed by atoms with Crippen LogP contribution in [-0.4, -0.2) is 34.4 Å². The van der Waals surface area contributed by atoms with Crippen LogP contribution < -0.4 is 5.48 Å². The van der Waals surface area contributed by atoms with Gasteiger partial charge in [0.25, 0.3) is 5.91 Å². The normalized spacial score (nSPS) is 24.1. The molecule has 1 atom stereocenters. The highest BCUT2D eigenvalue weighted by Crippen LogP contribution is 2.25. The Hall–Kier alpha value is -1.72. The molecule has 1 heterocycles. The molecule has 1 aromatic rings. The summed E-state index contributed by atoms with van der Waals surface area (Å²) >= 11 is 0. The summed E-state index contributed by atoms with van der Waals surface area (Å²) in [6.45, 7) is 3.56. The van der Waals surface area contributed by atoms with E-state index in [4.69, 9.17) is 0 Å². The molecule has 1 unspecified atom stereocenters. The monoisotopic (exact) mass is 233 g/mol. The van der Waals surface area contributed by atoms with Crippen molar-refractivity contribution in [2.45, 2.75) is 19.4 Å². The van der Waals surface area contributed by atoms with Gasteiger partial charge in [-0.3, -0.25) is 4.79 Å². The molecule has 1 aromatic carbocycles. The third-order valence-corrected chi connectivity index (χ3v) is 3.07. The third-order valence-electron chi connectivity index (χ3n) is 3.07. The van der Waals surface area contributed by atoms with Crippen LogP contribution in [0.25, 0.3) is 0 Å². The molecule has 1 amide bonds. The fourth-order valence-corrected chi connectivity index (χ4v) is 1.98. The lowest BCUT2D eigenvalue weighted by atomic mass is 9.89. The second kappa shape index (κ2) is 3.94. The second-order valence-electron chi connectivity index (χ2n) is 4.33. The van der Waals surface area contributed by atoms with Gasteiger partial charge in [0.2, 0.25) is 0 Å². The minimum atomic E-state index is -1.18. The zero-order chi connectivity index (χ0) is 12.6. The smallest absolute Gasteiger partial charge is 0.270 e. The minimum absolute atomic E-state index is 0.279. The molecule has 0 spiro atoms. The van der Waals surface area contributed by atoms with E-state index in [1.54, 1.807) is 14.0 Å². The van der Waals surface area contributed by atoms with Gasteiger partial charge >= 0.3 is 0 Å². The van der Waals surface area contributed by atoms with Crippen molar-refractivity contribution in [2.24, 2.45) is 5.10 Å². The van der Waals surface area contributed by atoms with Gasteiger partial charge in [-0.15, -0.1) is 0 Å². The van der Waals surface area contributed by atoms with Crippen LogP contribution in [0.1, 0.15) is 18.1 Å². The number of hydrazone groups is 1. The standard InChI is InChI=1S/C12H15N3O2/c1-8-6-4-5-7-9(8)10-12(2,14-17)11(16)15(3)13-10/h4-7,14,17H,1-3H3. The molecule has 0 saturated carbocycles. The van der Waals surface area contributed by atoms with E-state index in [0.717, 1.165) is 11.1 Å². The maximum atomic E-state index is 11.9. The molecule has 17 heavy (non-hydrogen) atoms. The molecule has 5 heteroatoms. The first kappa shape index (κ1) is 11.8. The summed E-state index contributed by atoms with van der Waals surface area (Å²) in [5, 5.41) is 14.7. The van der Waals surface area contributed by atoms with Crippen LogP contribution in [-0.2, 0) is 4.79 Å². The molecule has 0 fully saturated rings. The van der Waals surface area contributed by atoms with Gasteiger partial charge in [0, 0.05) is 12.6 Å². The Morgan fingerprint density at radius 1 is 1.41 bits per heavy atom. The Balaban J connectivity index is 2.56. The first-order valence-electron chi connectivity index (χ1n) is 5.35. The highest BCUT2D eigenvalue weighted by atomic mass is 16.5. The van der Waals surface area contributed by atoms with Crippen molar-refractivity contribution in [3.05, 3.63) is 35.4 Å². The van der Waals surface area contributed by atoms with E-state index in [1.807, 2.05) is 31.2 Å². The number of carbonyl (C=O) groups excluding carboxylic acids is 1. The van der Waals surface area contributed by atoms with Crippen LogP contribution in [0.4, 0.5) is 0 Å². The van der Waals surface area contributed by atoms with E-state index < -0.39 is 5.54 Å². The van der Waals surface area contributed by atoms with Crippen molar-refractivity contribution in [3.63, 3.8) is 0 Å². The second-order valence-corrected chi connectivity index (χ2v) is 4.33. The van der Waals surface area contributed by atoms with Gasteiger partial charge in [-0.05, 0) is 19.4 Å². The maximum absolute atomic E-state index is 11.9. The van der Waals surface area contributed by atoms with Crippen LogP contribution in [0.5, 0.6) is 0 Å². The predicted molar refractivity (Wildman–Crippen MR) is 63.8 cm³/mol. The SMILES string of the molecule is Cc1ccccc1C1=NN(C)C(=O)C1(C)NO. The fraction of sp³-hybridized carbons (Fsp3) is 0.333. The molecular formula is C12H15N3O2. The number of hydroxylamine groups is 1. The van der Waals surface area contributed by atoms with Crippen LogP contribution in [0.3, 0.4) is 0 Å². The number of benzene rings is 1. The number of hydrogen-bond donors (Lipinski definition) is 2. The molecule has 0 aromatic heterocycles. The van der Waals surface area contributed by atoms with Gasteiger partial charge in [-0.2, -0.15) is 10.6 Å². The van der Waals surface area contributed by atoms with Crippen molar-refractivity contribution in [1.82, 2.24) is 10.5 Å². The molecular weight excluding hydrogens is 218 g/mol. The summed E-state index contributed by atoms with van der Waals surface area (Å²) in [5.74, 6) is -0.279. The molecule has 0 radical (unpaired) electrons. The summed E-state index contributed by atoms with van der Waals surface area (Å²) < 4.78 is 0. The summed E-state index contributed by atoms with van der Waals surface area (Å²) in [7, 11) is 1.57. The van der Waals surface area contributed by atoms with Gasteiger partial charge in [-0.1, -0.05) is 24.3 Å². The van der Waals surface area contributed by atoms with E-state index in [2.05, 4.69) is 10.6 Å². The molecule has 2 N–H and O–H groups in total. The fourth-order valence-electron chi connectivity index (χ4n) is 1.98. The Kier molecular flexibility index (Phi) is 2.73. The van der Waals surface area contributed by atoms with E-state index in [-0.39, 0.29) is 5.91 Å². The Labute approximate surface area is 99.7 Å². The quantitative estimate of drug-likeness (QED) is 0.746. The first-order valence-corrected chi connectivity index (χ1v) is 5.35. The molecule has 0 aliphatic carbocycles.